The van der Waals surface area contributed by atoms with Crippen molar-refractivity contribution in [2.45, 2.75) is 62.7 Å². The second-order valence-electron chi connectivity index (χ2n) is 8.43. The van der Waals surface area contributed by atoms with Crippen LogP contribution in [-0.2, 0) is 9.59 Å². The summed E-state index contributed by atoms with van der Waals surface area (Å²) < 4.78 is 0. The van der Waals surface area contributed by atoms with E-state index in [-0.39, 0.29) is 18.7 Å². The quantitative estimate of drug-likeness (QED) is 0.734. The molecule has 0 saturated carbocycles. The molecule has 29 heavy (non-hydrogen) atoms. The van der Waals surface area contributed by atoms with E-state index in [2.05, 4.69) is 15.5 Å². The minimum absolute atomic E-state index is 0.124. The number of rotatable bonds is 3. The van der Waals surface area contributed by atoms with Crippen molar-refractivity contribution < 1.29 is 19.2 Å². The number of hydrogen-bond donors (Lipinski definition) is 2. The Morgan fingerprint density at radius 3 is 2.31 bits per heavy atom. The number of piperidine rings is 2. The first-order valence-corrected chi connectivity index (χ1v) is 10.3. The van der Waals surface area contributed by atoms with Crippen molar-refractivity contribution in [3.8, 4) is 0 Å². The van der Waals surface area contributed by atoms with Crippen molar-refractivity contribution in [2.24, 2.45) is 0 Å². The smallest absolute Gasteiger partial charge is 0.262 e. The topological polar surface area (TPSA) is 98.8 Å². The Labute approximate surface area is 168 Å². The van der Waals surface area contributed by atoms with Gasteiger partial charge in [-0.15, -0.1) is 0 Å². The summed E-state index contributed by atoms with van der Waals surface area (Å²) >= 11 is 0. The van der Waals surface area contributed by atoms with Gasteiger partial charge in [-0.25, -0.2) is 0 Å². The summed E-state index contributed by atoms with van der Waals surface area (Å²) in [6.07, 6.45) is 4.70. The summed E-state index contributed by atoms with van der Waals surface area (Å²) in [5.41, 5.74) is 1.66. The molecule has 0 spiro atoms. The molecule has 8 nitrogen and oxygen atoms in total. The predicted octanol–water partition coefficient (Wildman–Crippen LogP) is 0.807. The molecule has 8 heteroatoms. The van der Waals surface area contributed by atoms with Gasteiger partial charge in [-0.05, 0) is 57.4 Å². The summed E-state index contributed by atoms with van der Waals surface area (Å²) in [5.74, 6) is -1.85. The molecule has 2 bridgehead atoms. The molecule has 0 radical (unpaired) electrons. The van der Waals surface area contributed by atoms with Gasteiger partial charge in [0.2, 0.25) is 11.8 Å². The maximum absolute atomic E-state index is 13.1. The number of carbonyl (C=O) groups is 4. The monoisotopic (exact) mass is 396 g/mol. The van der Waals surface area contributed by atoms with Gasteiger partial charge in [0.1, 0.15) is 6.04 Å². The van der Waals surface area contributed by atoms with Crippen LogP contribution in [0.1, 0.15) is 59.2 Å². The molecule has 3 fully saturated rings. The molecular weight excluding hydrogens is 372 g/mol. The van der Waals surface area contributed by atoms with Crippen LogP contribution >= 0.6 is 0 Å². The summed E-state index contributed by atoms with van der Waals surface area (Å²) in [6, 6.07) is 5.90. The van der Waals surface area contributed by atoms with Crippen molar-refractivity contribution in [1.29, 1.82) is 0 Å². The van der Waals surface area contributed by atoms with Crippen molar-refractivity contribution in [3.63, 3.8) is 0 Å². The van der Waals surface area contributed by atoms with Gasteiger partial charge in [-0.1, -0.05) is 0 Å². The molecule has 4 aliphatic rings. The molecule has 3 saturated heterocycles. The van der Waals surface area contributed by atoms with Gasteiger partial charge in [-0.3, -0.25) is 29.4 Å². The highest BCUT2D eigenvalue weighted by Gasteiger charge is 2.46. The van der Waals surface area contributed by atoms with Gasteiger partial charge < -0.3 is 10.2 Å². The molecule has 2 N–H and O–H groups in total. The predicted molar refractivity (Wildman–Crippen MR) is 104 cm³/mol. The van der Waals surface area contributed by atoms with E-state index < -0.39 is 23.8 Å². The second kappa shape index (κ2) is 6.66. The SMILES string of the molecule is CNC1CC2CCC(C1)N2c1ccc2c(c1)C(=O)N(C1CCC(=O)NC1=O)C2=O. The second-order valence-corrected chi connectivity index (χ2v) is 8.43. The Morgan fingerprint density at radius 2 is 1.66 bits per heavy atom. The zero-order valence-corrected chi connectivity index (χ0v) is 16.3. The largest absolute Gasteiger partial charge is 0.365 e. The van der Waals surface area contributed by atoms with E-state index in [1.165, 1.54) is 0 Å². The molecular formula is C21H24N4O4. The lowest BCUT2D eigenvalue weighted by Crippen LogP contribution is -2.54. The summed E-state index contributed by atoms with van der Waals surface area (Å²) in [7, 11) is 2.00. The van der Waals surface area contributed by atoms with E-state index in [1.807, 2.05) is 19.2 Å². The van der Waals surface area contributed by atoms with E-state index in [0.717, 1.165) is 36.3 Å². The number of carbonyl (C=O) groups excluding carboxylic acids is 4. The third-order valence-electron chi connectivity index (χ3n) is 6.86. The molecule has 4 aliphatic heterocycles. The van der Waals surface area contributed by atoms with Crippen LogP contribution < -0.4 is 15.5 Å². The minimum Gasteiger partial charge on any atom is -0.365 e. The summed E-state index contributed by atoms with van der Waals surface area (Å²) in [4.78, 5) is 53.0. The number of amides is 4. The molecule has 4 heterocycles. The number of nitrogens with zero attached hydrogens (tertiary/aromatic N) is 2. The molecule has 0 aliphatic carbocycles. The third kappa shape index (κ3) is 2.77. The molecule has 0 aromatic heterocycles. The van der Waals surface area contributed by atoms with Crippen LogP contribution in [0.25, 0.3) is 0 Å². The fourth-order valence-electron chi connectivity index (χ4n) is 5.45. The molecule has 3 atom stereocenters. The third-order valence-corrected chi connectivity index (χ3v) is 6.86. The van der Waals surface area contributed by atoms with Crippen LogP contribution in [0.2, 0.25) is 0 Å². The molecule has 1 aromatic carbocycles. The maximum atomic E-state index is 13.1. The average molecular weight is 396 g/mol. The van der Waals surface area contributed by atoms with Gasteiger partial charge in [0.15, 0.2) is 0 Å². The number of imide groups is 2. The number of benzene rings is 1. The number of nitrogens with one attached hydrogen (secondary N) is 2. The van der Waals surface area contributed by atoms with Gasteiger partial charge >= 0.3 is 0 Å². The lowest BCUT2D eigenvalue weighted by molar-refractivity contribution is -0.136. The van der Waals surface area contributed by atoms with Gasteiger partial charge in [-0.2, -0.15) is 0 Å². The highest BCUT2D eigenvalue weighted by molar-refractivity contribution is 6.23. The number of hydrogen-bond acceptors (Lipinski definition) is 6. The standard InChI is InChI=1S/C21H24N4O4/c1-22-11-8-12-2-3-13(9-11)24(12)14-4-5-15-16(10-14)21(29)25(20(15)28)17-6-7-18(26)23-19(17)27/h4-5,10-13,17,22H,2-3,6-9H2,1H3,(H,23,26,27). The molecule has 3 unspecified atom stereocenters. The van der Waals surface area contributed by atoms with E-state index >= 15 is 0 Å². The number of fused-ring (bicyclic) bond motifs is 3. The summed E-state index contributed by atoms with van der Waals surface area (Å²) in [5, 5.41) is 5.62. The Balaban J connectivity index is 1.43. The van der Waals surface area contributed by atoms with Crippen LogP contribution in [0, 0.1) is 0 Å². The van der Waals surface area contributed by atoms with Crippen LogP contribution in [0.4, 0.5) is 5.69 Å². The molecule has 1 aromatic rings. The van der Waals surface area contributed by atoms with E-state index in [0.29, 0.717) is 29.3 Å². The van der Waals surface area contributed by atoms with Crippen LogP contribution in [-0.4, -0.2) is 59.7 Å². The minimum atomic E-state index is -0.925. The number of anilines is 1. The average Bonchev–Trinajstić information content (AvgIpc) is 3.11. The highest BCUT2D eigenvalue weighted by atomic mass is 16.2. The Morgan fingerprint density at radius 1 is 0.966 bits per heavy atom. The van der Waals surface area contributed by atoms with Gasteiger partial charge in [0.25, 0.3) is 11.8 Å². The van der Waals surface area contributed by atoms with Crippen LogP contribution in [0.5, 0.6) is 0 Å². The van der Waals surface area contributed by atoms with E-state index in [9.17, 15) is 19.2 Å². The van der Waals surface area contributed by atoms with Crippen molar-refractivity contribution in [2.75, 3.05) is 11.9 Å². The Bertz CT molecular complexity index is 915. The van der Waals surface area contributed by atoms with Crippen molar-refractivity contribution >= 4 is 29.3 Å². The Hall–Kier alpha value is -2.74. The first kappa shape index (κ1) is 18.3. The van der Waals surface area contributed by atoms with E-state index in [1.54, 1.807) is 6.07 Å². The van der Waals surface area contributed by atoms with Crippen LogP contribution in [0.15, 0.2) is 18.2 Å². The highest BCUT2D eigenvalue weighted by Crippen LogP contribution is 2.41. The van der Waals surface area contributed by atoms with Crippen LogP contribution in [0.3, 0.4) is 0 Å². The maximum Gasteiger partial charge on any atom is 0.262 e. The van der Waals surface area contributed by atoms with Crippen molar-refractivity contribution in [1.82, 2.24) is 15.5 Å². The first-order chi connectivity index (χ1) is 14.0. The van der Waals surface area contributed by atoms with E-state index in [4.69, 9.17) is 0 Å². The van der Waals surface area contributed by atoms with Crippen molar-refractivity contribution in [3.05, 3.63) is 29.3 Å². The molecule has 4 amide bonds. The lowest BCUT2D eigenvalue weighted by atomic mass is 9.96. The van der Waals surface area contributed by atoms with Gasteiger partial charge in [0.05, 0.1) is 11.1 Å². The first-order valence-electron chi connectivity index (χ1n) is 10.3. The fourth-order valence-corrected chi connectivity index (χ4v) is 5.45. The zero-order chi connectivity index (χ0) is 20.3. The normalized spacial score (nSPS) is 31.3. The lowest BCUT2D eigenvalue weighted by Gasteiger charge is -2.40. The Kier molecular flexibility index (Phi) is 4.20. The van der Waals surface area contributed by atoms with Gasteiger partial charge in [0, 0.05) is 30.2 Å². The molecule has 152 valence electrons. The fraction of sp³-hybridized carbons (Fsp3) is 0.524. The summed E-state index contributed by atoms with van der Waals surface area (Å²) in [6.45, 7) is 0. The zero-order valence-electron chi connectivity index (χ0n) is 16.3. The molecule has 5 rings (SSSR count).